The Morgan fingerprint density at radius 3 is 2.72 bits per heavy atom. The van der Waals surface area contributed by atoms with Crippen molar-refractivity contribution < 1.29 is 4.42 Å². The number of pyridine rings is 1. The molecule has 92 valence electrons. The second-order valence-electron chi connectivity index (χ2n) is 4.20. The van der Waals surface area contributed by atoms with Crippen LogP contribution in [0.15, 0.2) is 45.6 Å². The van der Waals surface area contributed by atoms with Crippen molar-refractivity contribution in [3.63, 3.8) is 0 Å². The fourth-order valence-corrected chi connectivity index (χ4v) is 2.48. The maximum absolute atomic E-state index is 5.45. The summed E-state index contributed by atoms with van der Waals surface area (Å²) in [7, 11) is 4.02. The molecule has 3 aromatic heterocycles. The Labute approximate surface area is 113 Å². The zero-order valence-corrected chi connectivity index (χ0v) is 11.7. The minimum Gasteiger partial charge on any atom is -0.461 e. The van der Waals surface area contributed by atoms with Gasteiger partial charge in [-0.05, 0) is 40.2 Å². The lowest BCUT2D eigenvalue weighted by Gasteiger charge is -2.15. The molecule has 3 aromatic rings. The highest BCUT2D eigenvalue weighted by molar-refractivity contribution is 9.10. The van der Waals surface area contributed by atoms with Crippen LogP contribution in [0.4, 0.5) is 5.82 Å². The monoisotopic (exact) mass is 305 g/mol. The number of hydrogen-bond donors (Lipinski definition) is 0. The van der Waals surface area contributed by atoms with Gasteiger partial charge in [-0.2, -0.15) is 0 Å². The Balaban J connectivity index is 2.39. The third-order valence-electron chi connectivity index (χ3n) is 2.80. The second-order valence-corrected chi connectivity index (χ2v) is 4.95. The Hall–Kier alpha value is -1.75. The van der Waals surface area contributed by atoms with Gasteiger partial charge < -0.3 is 9.32 Å². The number of nitrogens with zero attached hydrogens (tertiary/aromatic N) is 3. The van der Waals surface area contributed by atoms with Crippen molar-refractivity contribution in [2.24, 2.45) is 0 Å². The highest BCUT2D eigenvalue weighted by atomic mass is 79.9. The maximum atomic E-state index is 5.45. The van der Waals surface area contributed by atoms with Crippen molar-refractivity contribution in [2.45, 2.75) is 0 Å². The van der Waals surface area contributed by atoms with E-state index in [0.717, 1.165) is 27.5 Å². The molecular formula is C13H12BrN3O. The molecular weight excluding hydrogens is 294 g/mol. The van der Waals surface area contributed by atoms with Crippen LogP contribution in [-0.4, -0.2) is 23.5 Å². The van der Waals surface area contributed by atoms with Crippen LogP contribution < -0.4 is 4.90 Å². The SMILES string of the molecule is CN(C)c1cccc2c(Br)nc(-c3ccco3)n12. The summed E-state index contributed by atoms with van der Waals surface area (Å²) in [5, 5.41) is 0. The van der Waals surface area contributed by atoms with Crippen molar-refractivity contribution >= 4 is 27.3 Å². The van der Waals surface area contributed by atoms with E-state index in [1.807, 2.05) is 49.3 Å². The van der Waals surface area contributed by atoms with Gasteiger partial charge in [0.15, 0.2) is 11.6 Å². The molecule has 0 saturated heterocycles. The van der Waals surface area contributed by atoms with Crippen molar-refractivity contribution in [3.05, 3.63) is 41.2 Å². The highest BCUT2D eigenvalue weighted by Crippen LogP contribution is 2.30. The van der Waals surface area contributed by atoms with Crippen LogP contribution in [0.1, 0.15) is 0 Å². The van der Waals surface area contributed by atoms with Gasteiger partial charge >= 0.3 is 0 Å². The summed E-state index contributed by atoms with van der Waals surface area (Å²) in [6.45, 7) is 0. The highest BCUT2D eigenvalue weighted by Gasteiger charge is 2.16. The van der Waals surface area contributed by atoms with Crippen molar-refractivity contribution in [3.8, 4) is 11.6 Å². The minimum absolute atomic E-state index is 0.755. The van der Waals surface area contributed by atoms with Gasteiger partial charge in [0.05, 0.1) is 11.8 Å². The number of halogens is 1. The van der Waals surface area contributed by atoms with Crippen LogP contribution in [0, 0.1) is 0 Å². The first-order chi connectivity index (χ1) is 8.68. The third kappa shape index (κ3) is 1.62. The van der Waals surface area contributed by atoms with E-state index in [0.29, 0.717) is 0 Å². The predicted octanol–water partition coefficient (Wildman–Crippen LogP) is 3.42. The standard InChI is InChI=1S/C13H12BrN3O/c1-16(2)11-7-3-5-9-12(14)15-13(17(9)11)10-6-4-8-18-10/h3-8H,1-2H3. The molecule has 0 atom stereocenters. The van der Waals surface area contributed by atoms with Gasteiger partial charge in [-0.3, -0.25) is 4.40 Å². The van der Waals surface area contributed by atoms with Gasteiger partial charge in [-0.25, -0.2) is 4.98 Å². The van der Waals surface area contributed by atoms with Crippen LogP contribution in [0.2, 0.25) is 0 Å². The second kappa shape index (κ2) is 4.17. The van der Waals surface area contributed by atoms with Crippen molar-refractivity contribution in [2.75, 3.05) is 19.0 Å². The molecule has 0 aliphatic carbocycles. The normalized spacial score (nSPS) is 11.1. The smallest absolute Gasteiger partial charge is 0.183 e. The van der Waals surface area contributed by atoms with E-state index >= 15 is 0 Å². The summed E-state index contributed by atoms with van der Waals surface area (Å²) >= 11 is 3.49. The average Bonchev–Trinajstić information content (AvgIpc) is 2.97. The molecule has 0 aromatic carbocycles. The Morgan fingerprint density at radius 1 is 1.22 bits per heavy atom. The molecule has 18 heavy (non-hydrogen) atoms. The van der Waals surface area contributed by atoms with Gasteiger partial charge in [0, 0.05) is 14.1 Å². The summed E-state index contributed by atoms with van der Waals surface area (Å²) in [6, 6.07) is 9.86. The van der Waals surface area contributed by atoms with E-state index in [1.165, 1.54) is 0 Å². The fourth-order valence-electron chi connectivity index (χ4n) is 2.00. The molecule has 0 radical (unpaired) electrons. The van der Waals surface area contributed by atoms with Gasteiger partial charge in [0.2, 0.25) is 0 Å². The lowest BCUT2D eigenvalue weighted by atomic mass is 10.3. The van der Waals surface area contributed by atoms with E-state index < -0.39 is 0 Å². The quantitative estimate of drug-likeness (QED) is 0.727. The summed E-state index contributed by atoms with van der Waals surface area (Å²) in [5.74, 6) is 2.60. The number of rotatable bonds is 2. The van der Waals surface area contributed by atoms with E-state index in [2.05, 4.69) is 25.3 Å². The molecule has 0 amide bonds. The summed E-state index contributed by atoms with van der Waals surface area (Å²) < 4.78 is 8.34. The zero-order chi connectivity index (χ0) is 12.7. The Kier molecular flexibility index (Phi) is 2.63. The molecule has 0 saturated carbocycles. The third-order valence-corrected chi connectivity index (χ3v) is 3.38. The summed E-state index contributed by atoms with van der Waals surface area (Å²) in [6.07, 6.45) is 1.66. The van der Waals surface area contributed by atoms with Crippen LogP contribution in [0.3, 0.4) is 0 Å². The van der Waals surface area contributed by atoms with Gasteiger partial charge in [0.25, 0.3) is 0 Å². The first-order valence-electron chi connectivity index (χ1n) is 5.56. The van der Waals surface area contributed by atoms with Crippen molar-refractivity contribution in [1.82, 2.24) is 9.38 Å². The number of aromatic nitrogens is 2. The van der Waals surface area contributed by atoms with E-state index in [4.69, 9.17) is 4.42 Å². The number of hydrogen-bond acceptors (Lipinski definition) is 3. The molecule has 0 aliphatic rings. The molecule has 3 rings (SSSR count). The average molecular weight is 306 g/mol. The Bertz CT molecular complexity index is 686. The van der Waals surface area contributed by atoms with Gasteiger partial charge in [-0.1, -0.05) is 6.07 Å². The van der Waals surface area contributed by atoms with Crippen LogP contribution >= 0.6 is 15.9 Å². The lowest BCUT2D eigenvalue weighted by molar-refractivity contribution is 0.577. The van der Waals surface area contributed by atoms with Crippen LogP contribution in [0.25, 0.3) is 17.1 Å². The zero-order valence-electron chi connectivity index (χ0n) is 10.1. The first kappa shape index (κ1) is 11.3. The largest absolute Gasteiger partial charge is 0.461 e. The topological polar surface area (TPSA) is 33.7 Å². The van der Waals surface area contributed by atoms with Crippen LogP contribution in [0.5, 0.6) is 0 Å². The minimum atomic E-state index is 0.755. The van der Waals surface area contributed by atoms with E-state index in [-0.39, 0.29) is 0 Å². The van der Waals surface area contributed by atoms with E-state index in [1.54, 1.807) is 6.26 Å². The number of anilines is 1. The number of fused-ring (bicyclic) bond motifs is 1. The molecule has 0 spiro atoms. The molecule has 4 nitrogen and oxygen atoms in total. The van der Waals surface area contributed by atoms with E-state index in [9.17, 15) is 0 Å². The first-order valence-corrected chi connectivity index (χ1v) is 6.36. The fraction of sp³-hybridized carbons (Fsp3) is 0.154. The summed E-state index contributed by atoms with van der Waals surface area (Å²) in [5.41, 5.74) is 1.02. The lowest BCUT2D eigenvalue weighted by Crippen LogP contribution is -2.13. The van der Waals surface area contributed by atoms with Crippen molar-refractivity contribution in [1.29, 1.82) is 0 Å². The van der Waals surface area contributed by atoms with Crippen LogP contribution in [-0.2, 0) is 0 Å². The van der Waals surface area contributed by atoms with Gasteiger partial charge in [0.1, 0.15) is 10.4 Å². The Morgan fingerprint density at radius 2 is 2.06 bits per heavy atom. The maximum Gasteiger partial charge on any atom is 0.183 e. The summed E-state index contributed by atoms with van der Waals surface area (Å²) in [4.78, 5) is 6.58. The molecule has 0 fully saturated rings. The molecule has 0 N–H and O–H groups in total. The molecule has 0 aliphatic heterocycles. The molecule has 5 heteroatoms. The predicted molar refractivity (Wildman–Crippen MR) is 74.9 cm³/mol. The number of furan rings is 1. The van der Waals surface area contributed by atoms with Gasteiger partial charge in [-0.15, -0.1) is 0 Å². The molecule has 0 bridgehead atoms. The molecule has 3 heterocycles. The number of imidazole rings is 1. The molecule has 0 unspecified atom stereocenters.